The van der Waals surface area contributed by atoms with Gasteiger partial charge in [-0.3, -0.25) is 9.69 Å². The molecule has 0 spiro atoms. The van der Waals surface area contributed by atoms with E-state index in [1.165, 1.54) is 37.7 Å². The van der Waals surface area contributed by atoms with Crippen molar-refractivity contribution in [1.82, 2.24) is 29.7 Å². The molecule has 4 aliphatic carbocycles. The lowest BCUT2D eigenvalue weighted by atomic mass is 9.52. The maximum atomic E-state index is 13.2. The first kappa shape index (κ1) is 23.3. The van der Waals surface area contributed by atoms with Gasteiger partial charge in [-0.05, 0) is 74.2 Å². The molecule has 0 aromatic carbocycles. The van der Waals surface area contributed by atoms with E-state index < -0.39 is 0 Å². The number of anilines is 2. The number of hydrogen-bond acceptors (Lipinski definition) is 8. The molecule has 1 N–H and O–H groups in total. The molecule has 0 radical (unpaired) electrons. The van der Waals surface area contributed by atoms with Crippen molar-refractivity contribution >= 4 is 17.7 Å². The van der Waals surface area contributed by atoms with Gasteiger partial charge in [0, 0.05) is 57.2 Å². The Balaban J connectivity index is 0.932. The lowest BCUT2D eigenvalue weighted by Gasteiger charge is -2.54. The lowest BCUT2D eigenvalue weighted by Crippen LogP contribution is -2.51. The van der Waals surface area contributed by atoms with E-state index in [0.29, 0.717) is 13.1 Å². The summed E-state index contributed by atoms with van der Waals surface area (Å²) in [6, 6.07) is 1.84. The largest absolute Gasteiger partial charge is 0.369 e. The number of carbonyl (C=O) groups excluding carboxylic acids is 1. The Kier molecular flexibility index (Phi) is 6.19. The third-order valence-corrected chi connectivity index (χ3v) is 9.85. The Bertz CT molecular complexity index is 1090. The zero-order valence-electron chi connectivity index (χ0n) is 21.6. The quantitative estimate of drug-likeness (QED) is 0.644. The van der Waals surface area contributed by atoms with Gasteiger partial charge in [0.15, 0.2) is 0 Å². The second-order valence-corrected chi connectivity index (χ2v) is 12.0. The van der Waals surface area contributed by atoms with Gasteiger partial charge < -0.3 is 15.1 Å². The van der Waals surface area contributed by atoms with Crippen molar-refractivity contribution in [3.63, 3.8) is 0 Å². The molecule has 4 bridgehead atoms. The number of nitrogens with one attached hydrogen (secondary N) is 1. The number of hydrogen-bond donors (Lipinski definition) is 1. The van der Waals surface area contributed by atoms with E-state index >= 15 is 0 Å². The monoisotopic (exact) mass is 502 g/mol. The Morgan fingerprint density at radius 1 is 0.892 bits per heavy atom. The van der Waals surface area contributed by atoms with Crippen LogP contribution in [0.5, 0.6) is 0 Å². The van der Waals surface area contributed by atoms with Gasteiger partial charge in [-0.1, -0.05) is 0 Å². The zero-order valence-corrected chi connectivity index (χ0v) is 21.6. The molecule has 5 fully saturated rings. The Morgan fingerprint density at radius 3 is 2.35 bits per heavy atom. The summed E-state index contributed by atoms with van der Waals surface area (Å²) in [5.74, 6) is 6.62. The topological polar surface area (TPSA) is 90.4 Å². The van der Waals surface area contributed by atoms with Crippen molar-refractivity contribution in [3.05, 3.63) is 36.0 Å². The highest BCUT2D eigenvalue weighted by atomic mass is 16.2. The molecule has 2 aromatic heterocycles. The summed E-state index contributed by atoms with van der Waals surface area (Å²) < 4.78 is 0. The molecule has 2 aromatic rings. The van der Waals surface area contributed by atoms with Crippen molar-refractivity contribution in [2.75, 3.05) is 56.0 Å². The molecule has 0 atom stereocenters. The van der Waals surface area contributed by atoms with Crippen LogP contribution in [-0.2, 0) is 17.8 Å². The molecule has 2 aliphatic heterocycles. The summed E-state index contributed by atoms with van der Waals surface area (Å²) in [7, 11) is 0. The van der Waals surface area contributed by atoms with Gasteiger partial charge in [0.2, 0.25) is 11.9 Å². The summed E-state index contributed by atoms with van der Waals surface area (Å²) >= 11 is 0. The molecule has 9 heteroatoms. The van der Waals surface area contributed by atoms with Crippen LogP contribution in [0.15, 0.2) is 24.8 Å². The van der Waals surface area contributed by atoms with Crippen LogP contribution in [0.3, 0.4) is 0 Å². The maximum absolute atomic E-state index is 13.2. The first-order valence-corrected chi connectivity index (χ1v) is 14.3. The Hall–Kier alpha value is -2.81. The molecular formula is C28H38N8O. The van der Waals surface area contributed by atoms with E-state index in [-0.39, 0.29) is 5.91 Å². The lowest BCUT2D eigenvalue weighted by molar-refractivity contribution is -0.133. The van der Waals surface area contributed by atoms with E-state index in [0.717, 1.165) is 92.7 Å². The standard InChI is InChI=1S/C28H38N8O/c37-26(17-34-6-8-35(9-7-34)28-29-3-1-4-30-28)36-5-2-23-25(16-36)32-18-33-27(23)31-15-24-21-11-19-10-20(13-21)14-22(24)12-19/h1,3-4,18-22,24H,2,5-17H2,(H,31,32,33). The average molecular weight is 503 g/mol. The molecule has 196 valence electrons. The van der Waals surface area contributed by atoms with Gasteiger partial charge in [-0.2, -0.15) is 0 Å². The average Bonchev–Trinajstić information content (AvgIpc) is 2.93. The van der Waals surface area contributed by atoms with Crippen LogP contribution in [0, 0.1) is 29.6 Å². The highest BCUT2D eigenvalue weighted by Crippen LogP contribution is 2.56. The van der Waals surface area contributed by atoms with Crippen LogP contribution in [0.2, 0.25) is 0 Å². The summed E-state index contributed by atoms with van der Waals surface area (Å²) in [5, 5.41) is 3.75. The number of aromatic nitrogens is 4. The van der Waals surface area contributed by atoms with Crippen LogP contribution >= 0.6 is 0 Å². The van der Waals surface area contributed by atoms with Gasteiger partial charge >= 0.3 is 0 Å². The van der Waals surface area contributed by atoms with E-state index in [9.17, 15) is 4.79 Å². The first-order chi connectivity index (χ1) is 18.2. The SMILES string of the molecule is O=C(CN1CCN(c2ncccn2)CC1)N1CCc2c(ncnc2NCC2C3CC4CC(C3)CC2C4)C1. The highest BCUT2D eigenvalue weighted by molar-refractivity contribution is 5.78. The van der Waals surface area contributed by atoms with Crippen molar-refractivity contribution in [1.29, 1.82) is 0 Å². The number of rotatable bonds is 6. The van der Waals surface area contributed by atoms with Gasteiger partial charge in [-0.15, -0.1) is 0 Å². The zero-order chi connectivity index (χ0) is 24.8. The normalized spacial score (nSPS) is 30.9. The van der Waals surface area contributed by atoms with Crippen LogP contribution in [0.4, 0.5) is 11.8 Å². The molecule has 4 heterocycles. The fourth-order valence-corrected chi connectivity index (χ4v) is 8.16. The molecule has 9 nitrogen and oxygen atoms in total. The van der Waals surface area contributed by atoms with Gasteiger partial charge in [0.05, 0.1) is 18.8 Å². The van der Waals surface area contributed by atoms with Crippen LogP contribution < -0.4 is 10.2 Å². The molecule has 8 rings (SSSR count). The second kappa shape index (κ2) is 9.82. The highest BCUT2D eigenvalue weighted by Gasteiger charge is 2.47. The van der Waals surface area contributed by atoms with Crippen LogP contribution in [0.25, 0.3) is 0 Å². The third-order valence-electron chi connectivity index (χ3n) is 9.85. The summed E-state index contributed by atoms with van der Waals surface area (Å²) in [6.07, 6.45) is 13.4. The number of fused-ring (bicyclic) bond motifs is 1. The van der Waals surface area contributed by atoms with Crippen molar-refractivity contribution < 1.29 is 4.79 Å². The van der Waals surface area contributed by atoms with Gasteiger partial charge in [-0.25, -0.2) is 19.9 Å². The van der Waals surface area contributed by atoms with E-state index in [1.54, 1.807) is 18.7 Å². The van der Waals surface area contributed by atoms with E-state index in [2.05, 4.69) is 35.1 Å². The van der Waals surface area contributed by atoms with E-state index in [1.807, 2.05) is 11.0 Å². The molecule has 4 saturated carbocycles. The number of nitrogens with zero attached hydrogens (tertiary/aromatic N) is 7. The fourth-order valence-electron chi connectivity index (χ4n) is 8.16. The van der Waals surface area contributed by atoms with Gasteiger partial charge in [0.25, 0.3) is 0 Å². The summed E-state index contributed by atoms with van der Waals surface area (Å²) in [4.78, 5) is 37.5. The molecular weight excluding hydrogens is 464 g/mol. The van der Waals surface area contributed by atoms with Gasteiger partial charge in [0.1, 0.15) is 12.1 Å². The molecule has 1 amide bonds. The fraction of sp³-hybridized carbons (Fsp3) is 0.679. The number of carbonyl (C=O) groups is 1. The van der Waals surface area contributed by atoms with Crippen molar-refractivity contribution in [3.8, 4) is 0 Å². The van der Waals surface area contributed by atoms with Crippen LogP contribution in [-0.4, -0.2) is 81.5 Å². The third kappa shape index (κ3) is 4.67. The molecule has 6 aliphatic rings. The minimum Gasteiger partial charge on any atom is -0.369 e. The second-order valence-electron chi connectivity index (χ2n) is 12.0. The van der Waals surface area contributed by atoms with Crippen LogP contribution in [0.1, 0.15) is 43.4 Å². The Morgan fingerprint density at radius 2 is 1.62 bits per heavy atom. The minimum absolute atomic E-state index is 0.191. The molecule has 37 heavy (non-hydrogen) atoms. The molecule has 1 saturated heterocycles. The minimum atomic E-state index is 0.191. The summed E-state index contributed by atoms with van der Waals surface area (Å²) in [6.45, 7) is 6.19. The maximum Gasteiger partial charge on any atom is 0.237 e. The van der Waals surface area contributed by atoms with E-state index in [4.69, 9.17) is 0 Å². The predicted molar refractivity (Wildman–Crippen MR) is 141 cm³/mol. The smallest absolute Gasteiger partial charge is 0.237 e. The van der Waals surface area contributed by atoms with Crippen molar-refractivity contribution in [2.45, 2.75) is 45.1 Å². The first-order valence-electron chi connectivity index (χ1n) is 14.3. The predicted octanol–water partition coefficient (Wildman–Crippen LogP) is 2.46. The summed E-state index contributed by atoms with van der Waals surface area (Å²) in [5.41, 5.74) is 2.22. The molecule has 0 unspecified atom stereocenters. The number of amides is 1. The Labute approximate surface area is 219 Å². The van der Waals surface area contributed by atoms with Crippen molar-refractivity contribution in [2.24, 2.45) is 29.6 Å². The number of piperazine rings is 1.